The normalized spacial score (nSPS) is 19.6. The zero-order chi connectivity index (χ0) is 97.1. The molecule has 2 aliphatic rings. The van der Waals surface area contributed by atoms with Crippen LogP contribution in [-0.4, -0.2) is 165 Å². The fourth-order valence-corrected chi connectivity index (χ4v) is 19.7. The standard InChI is InChI=1S/C109H207N2O21P/c1-8-14-20-26-32-38-44-46-52-58-64-70-76-82-99(117)127-93(80-74-68-62-56-50-42-36-30-24-18-12-5)86-98(116)111-104-108(131-102(120)87-94(81-75-69-63-57-51-43-37-31-25-19-13-6)128-100(118)83-77-71-65-59-53-47-45-39-33-27-21-15-9-2)106(132-133(122,123)124)95(88-112)129-109(104)125-89-96-105(121)107(130-101(119)85-92(114)79-73-67-61-55-49-41-35-29-23-17-11-4)103(90(7)126-96)110-97(115)84-91(113)78-72-66-60-54-48-40-34-28-22-16-10-3/h90-96,103-109,112-114,121H,8-89H2,1-7H3,(H,110,115)(H,111,116)(H2,122,123,124)/t90?,91-,92-,93-,94-,95?,96?,103?,104?,105-,106-,107-,108-,109-/m1/s1. The summed E-state index contributed by atoms with van der Waals surface area (Å²) in [6.45, 7) is 13.3. The number of amides is 2. The van der Waals surface area contributed by atoms with Crippen molar-refractivity contribution in [2.45, 2.75) is 648 Å². The number of phosphoric acid groups is 1. The predicted octanol–water partition coefficient (Wildman–Crippen LogP) is 27.0. The third-order valence-corrected chi connectivity index (χ3v) is 27.9. The van der Waals surface area contributed by atoms with Crippen LogP contribution in [0, 0.1) is 0 Å². The van der Waals surface area contributed by atoms with Gasteiger partial charge in [0.2, 0.25) is 11.8 Å². The first-order valence-corrected chi connectivity index (χ1v) is 57.8. The lowest BCUT2D eigenvalue weighted by molar-refractivity contribution is -0.285. The van der Waals surface area contributed by atoms with Gasteiger partial charge in [-0.25, -0.2) is 4.57 Å². The van der Waals surface area contributed by atoms with Crippen molar-refractivity contribution >= 4 is 43.5 Å². The smallest absolute Gasteiger partial charge is 0.462 e. The van der Waals surface area contributed by atoms with Crippen LogP contribution in [0.3, 0.4) is 0 Å². The highest BCUT2D eigenvalue weighted by atomic mass is 31.2. The summed E-state index contributed by atoms with van der Waals surface area (Å²) in [5.74, 6) is -4.13. The van der Waals surface area contributed by atoms with Crippen LogP contribution in [0.4, 0.5) is 0 Å². The molecule has 784 valence electrons. The van der Waals surface area contributed by atoms with E-state index in [0.29, 0.717) is 57.8 Å². The molecular weight excluding hydrogens is 1700 g/mol. The van der Waals surface area contributed by atoms with E-state index in [9.17, 15) is 54.0 Å². The minimum Gasteiger partial charge on any atom is -0.462 e. The van der Waals surface area contributed by atoms with Crippen LogP contribution in [0.1, 0.15) is 562 Å². The fourth-order valence-electron chi connectivity index (χ4n) is 19.1. The first-order chi connectivity index (χ1) is 64.6. The van der Waals surface area contributed by atoms with Crippen LogP contribution >= 0.6 is 7.82 Å². The fraction of sp³-hybridized carbons (Fsp3) is 0.945. The molecule has 23 nitrogen and oxygen atoms in total. The number of unbranched alkanes of at least 4 members (excludes halogenated alkanes) is 64. The van der Waals surface area contributed by atoms with E-state index in [4.69, 9.17) is 37.7 Å². The van der Waals surface area contributed by atoms with Crippen molar-refractivity contribution in [2.24, 2.45) is 0 Å². The quantitative estimate of drug-likeness (QED) is 0.0121. The summed E-state index contributed by atoms with van der Waals surface area (Å²) in [5, 5.41) is 52.3. The van der Waals surface area contributed by atoms with Crippen molar-refractivity contribution in [3.8, 4) is 0 Å². The topological polar surface area (TPSA) is 339 Å². The third-order valence-electron chi connectivity index (χ3n) is 27.4. The molecule has 0 aromatic rings. The Balaban J connectivity index is 2.73. The molecule has 0 radical (unpaired) electrons. The summed E-state index contributed by atoms with van der Waals surface area (Å²) >= 11 is 0. The minimum atomic E-state index is -5.61. The number of carbonyl (C=O) groups excluding carboxylic acids is 6. The maximum Gasteiger partial charge on any atom is 0.470 e. The van der Waals surface area contributed by atoms with E-state index in [0.717, 1.165) is 173 Å². The van der Waals surface area contributed by atoms with E-state index >= 15 is 9.59 Å². The second-order valence-corrected chi connectivity index (χ2v) is 41.4. The van der Waals surface area contributed by atoms with Gasteiger partial charge in [-0.05, 0) is 58.3 Å². The lowest BCUT2D eigenvalue weighted by Gasteiger charge is -2.47. The highest BCUT2D eigenvalue weighted by Gasteiger charge is 2.54. The van der Waals surface area contributed by atoms with Crippen molar-refractivity contribution in [1.29, 1.82) is 0 Å². The molecule has 2 fully saturated rings. The van der Waals surface area contributed by atoms with Gasteiger partial charge in [0.1, 0.15) is 42.7 Å². The molecule has 0 spiro atoms. The molecule has 2 rings (SSSR count). The number of esters is 4. The van der Waals surface area contributed by atoms with Gasteiger partial charge >= 0.3 is 31.7 Å². The van der Waals surface area contributed by atoms with Gasteiger partial charge in [0.05, 0.1) is 63.3 Å². The Kier molecular flexibility index (Phi) is 82.8. The number of rotatable bonds is 96. The summed E-state index contributed by atoms with van der Waals surface area (Å²) in [6.07, 6.45) is 60.0. The number of aliphatic hydroxyl groups excluding tert-OH is 4. The van der Waals surface area contributed by atoms with Crippen LogP contribution in [0.2, 0.25) is 0 Å². The Labute approximate surface area is 811 Å². The third kappa shape index (κ3) is 70.9. The molecular formula is C109H207N2O21P. The summed E-state index contributed by atoms with van der Waals surface area (Å²) in [7, 11) is -5.61. The van der Waals surface area contributed by atoms with Crippen molar-refractivity contribution < 1.29 is 101 Å². The minimum absolute atomic E-state index is 0.128. The van der Waals surface area contributed by atoms with E-state index < -0.39 is 162 Å². The van der Waals surface area contributed by atoms with Gasteiger partial charge in [0, 0.05) is 12.8 Å². The molecule has 133 heavy (non-hydrogen) atoms. The molecule has 2 heterocycles. The van der Waals surface area contributed by atoms with E-state index in [1.54, 1.807) is 6.92 Å². The predicted molar refractivity (Wildman–Crippen MR) is 538 cm³/mol. The van der Waals surface area contributed by atoms with Crippen LogP contribution in [0.5, 0.6) is 0 Å². The maximum absolute atomic E-state index is 15.3. The lowest BCUT2D eigenvalue weighted by atomic mass is 9.92. The Morgan fingerprint density at radius 2 is 0.602 bits per heavy atom. The lowest BCUT2D eigenvalue weighted by Crippen LogP contribution is -2.67. The Morgan fingerprint density at radius 1 is 0.323 bits per heavy atom. The number of hydrogen-bond acceptors (Lipinski definition) is 19. The maximum atomic E-state index is 15.3. The molecule has 0 aromatic heterocycles. The zero-order valence-corrected chi connectivity index (χ0v) is 87.2. The number of carbonyl (C=O) groups is 6. The van der Waals surface area contributed by atoms with Crippen LogP contribution in [-0.2, 0) is 71.0 Å². The summed E-state index contributed by atoms with van der Waals surface area (Å²) < 4.78 is 63.3. The second-order valence-electron chi connectivity index (χ2n) is 40.2. The highest BCUT2D eigenvalue weighted by Crippen LogP contribution is 2.43. The highest BCUT2D eigenvalue weighted by molar-refractivity contribution is 7.46. The Hall–Kier alpha value is -3.35. The summed E-state index contributed by atoms with van der Waals surface area (Å²) in [4.78, 5) is 108. The van der Waals surface area contributed by atoms with E-state index in [1.807, 2.05) is 0 Å². The molecule has 5 unspecified atom stereocenters. The van der Waals surface area contributed by atoms with E-state index in [-0.39, 0.29) is 19.3 Å². The second kappa shape index (κ2) is 87.6. The summed E-state index contributed by atoms with van der Waals surface area (Å²) in [6, 6.07) is -2.97. The van der Waals surface area contributed by atoms with Crippen LogP contribution in [0.15, 0.2) is 0 Å². The van der Waals surface area contributed by atoms with Gasteiger partial charge in [0.15, 0.2) is 18.5 Å². The molecule has 8 N–H and O–H groups in total. The molecule has 2 amide bonds. The number of phosphoric ester groups is 1. The molecule has 2 saturated heterocycles. The molecule has 0 bridgehead atoms. The molecule has 0 saturated carbocycles. The first-order valence-electron chi connectivity index (χ1n) is 56.3. The molecule has 14 atom stereocenters. The van der Waals surface area contributed by atoms with Gasteiger partial charge in [-0.15, -0.1) is 0 Å². The average molecular weight is 1910 g/mol. The van der Waals surface area contributed by atoms with Crippen molar-refractivity contribution in [1.82, 2.24) is 10.6 Å². The largest absolute Gasteiger partial charge is 0.470 e. The van der Waals surface area contributed by atoms with Crippen LogP contribution in [0.25, 0.3) is 0 Å². The van der Waals surface area contributed by atoms with Crippen LogP contribution < -0.4 is 10.6 Å². The van der Waals surface area contributed by atoms with Crippen molar-refractivity contribution in [2.75, 3.05) is 13.2 Å². The van der Waals surface area contributed by atoms with Crippen molar-refractivity contribution in [3.05, 3.63) is 0 Å². The monoisotopic (exact) mass is 1910 g/mol. The van der Waals surface area contributed by atoms with E-state index in [2.05, 4.69) is 52.2 Å². The number of nitrogens with one attached hydrogen (secondary N) is 2. The first kappa shape index (κ1) is 126. The van der Waals surface area contributed by atoms with E-state index in [1.165, 1.54) is 244 Å². The van der Waals surface area contributed by atoms with Gasteiger partial charge < -0.3 is 74.0 Å². The SMILES string of the molecule is CCCCCCCCCCCCCCCC(=O)O[C@H](CCCCCCCCCCCCC)CC(=O)NC1[C@H](OCC2OC(C)C(NC(=O)C[C@H](O)CCCCCCCCCCCCC)[C@@H](OC(=O)C[C@H](O)CCCCCCCCCCCCC)[C@@H]2O)OC(CO)[C@@H](OP(=O)(O)O)[C@@H]1OC(=O)C[C@@H](CCCCCCCCCCCCC)OC(=O)CCCCCCCCCCCCCCC. The van der Waals surface area contributed by atoms with Gasteiger partial charge in [-0.1, -0.05) is 465 Å². The van der Waals surface area contributed by atoms with Gasteiger partial charge in [-0.3, -0.25) is 33.3 Å². The molecule has 24 heteroatoms. The average Bonchev–Trinajstić information content (AvgIpc) is 0.777. The number of ether oxygens (including phenoxy) is 7. The Bertz CT molecular complexity index is 2770. The van der Waals surface area contributed by atoms with Crippen molar-refractivity contribution in [3.63, 3.8) is 0 Å². The molecule has 0 aromatic carbocycles. The number of aliphatic hydroxyl groups is 4. The Morgan fingerprint density at radius 3 is 0.932 bits per heavy atom. The zero-order valence-electron chi connectivity index (χ0n) is 86.3. The van der Waals surface area contributed by atoms with Gasteiger partial charge in [0.25, 0.3) is 0 Å². The summed E-state index contributed by atoms with van der Waals surface area (Å²) in [5.41, 5.74) is 0. The molecule has 2 aliphatic heterocycles. The number of hydrogen-bond donors (Lipinski definition) is 8. The molecule has 0 aliphatic carbocycles. The van der Waals surface area contributed by atoms with Gasteiger partial charge in [-0.2, -0.15) is 0 Å².